The Morgan fingerprint density at radius 1 is 1.18 bits per heavy atom. The van der Waals surface area contributed by atoms with E-state index in [1.807, 2.05) is 12.3 Å². The van der Waals surface area contributed by atoms with Crippen LogP contribution in [0.15, 0.2) is 41.5 Å². The Hall–Kier alpha value is -1.37. The minimum absolute atomic E-state index is 0. The highest BCUT2D eigenvalue weighted by molar-refractivity contribution is 14.0. The highest BCUT2D eigenvalue weighted by Gasteiger charge is 2.03. The van der Waals surface area contributed by atoms with Crippen LogP contribution in [0.25, 0.3) is 10.9 Å². The molecule has 2 aromatic rings. The van der Waals surface area contributed by atoms with E-state index in [9.17, 15) is 0 Å². The van der Waals surface area contributed by atoms with Crippen LogP contribution in [-0.4, -0.2) is 24.0 Å². The number of benzene rings is 1. The summed E-state index contributed by atoms with van der Waals surface area (Å²) in [5.41, 5.74) is 2.18. The first-order valence-electron chi connectivity index (χ1n) is 7.55. The van der Waals surface area contributed by atoms with Gasteiger partial charge in [-0.1, -0.05) is 38.1 Å². The lowest BCUT2D eigenvalue weighted by molar-refractivity contribution is 0.615. The number of hydrogen-bond acceptors (Lipinski definition) is 2. The summed E-state index contributed by atoms with van der Waals surface area (Å²) in [6.07, 6.45) is 1.83. The zero-order chi connectivity index (χ0) is 15.1. The standard InChI is InChI=1S/C17H24N4.HI/c1-4-18-17(20-11-13(2)3)21-12-15-8-5-7-14-9-6-10-19-16(14)15;/h5-10,13H,4,11-12H2,1-3H3,(H2,18,20,21);1H. The second-order valence-corrected chi connectivity index (χ2v) is 5.46. The molecule has 0 aliphatic carbocycles. The lowest BCUT2D eigenvalue weighted by Crippen LogP contribution is -2.39. The fraction of sp³-hybridized carbons (Fsp3) is 0.412. The Labute approximate surface area is 149 Å². The van der Waals surface area contributed by atoms with Gasteiger partial charge in [-0.3, -0.25) is 4.98 Å². The molecule has 0 aliphatic heterocycles. The van der Waals surface area contributed by atoms with Crippen molar-refractivity contribution < 1.29 is 0 Å². The van der Waals surface area contributed by atoms with Crippen LogP contribution in [0.4, 0.5) is 0 Å². The van der Waals surface area contributed by atoms with Crippen LogP contribution >= 0.6 is 24.0 Å². The monoisotopic (exact) mass is 412 g/mol. The average molecular weight is 412 g/mol. The van der Waals surface area contributed by atoms with Crippen LogP contribution in [0.1, 0.15) is 26.3 Å². The van der Waals surface area contributed by atoms with Gasteiger partial charge in [0.25, 0.3) is 0 Å². The Bertz CT molecular complexity index is 605. The number of rotatable bonds is 5. The molecule has 0 fully saturated rings. The topological polar surface area (TPSA) is 49.3 Å². The van der Waals surface area contributed by atoms with Crippen LogP contribution in [0.5, 0.6) is 0 Å². The van der Waals surface area contributed by atoms with Crippen molar-refractivity contribution in [3.63, 3.8) is 0 Å². The Morgan fingerprint density at radius 2 is 1.95 bits per heavy atom. The van der Waals surface area contributed by atoms with Gasteiger partial charge in [0.1, 0.15) is 0 Å². The third-order valence-corrected chi connectivity index (χ3v) is 3.15. The number of nitrogens with one attached hydrogen (secondary N) is 2. The maximum Gasteiger partial charge on any atom is 0.191 e. The van der Waals surface area contributed by atoms with Gasteiger partial charge in [0.2, 0.25) is 0 Å². The number of halogens is 1. The number of guanidine groups is 1. The Morgan fingerprint density at radius 3 is 2.68 bits per heavy atom. The molecule has 0 radical (unpaired) electrons. The molecule has 4 nitrogen and oxygen atoms in total. The fourth-order valence-corrected chi connectivity index (χ4v) is 2.10. The number of pyridine rings is 1. The van der Waals surface area contributed by atoms with E-state index in [1.54, 1.807) is 0 Å². The average Bonchev–Trinajstić information content (AvgIpc) is 2.50. The summed E-state index contributed by atoms with van der Waals surface area (Å²) < 4.78 is 0. The van der Waals surface area contributed by atoms with E-state index in [4.69, 9.17) is 0 Å². The lowest BCUT2D eigenvalue weighted by Gasteiger charge is -2.13. The maximum atomic E-state index is 4.66. The van der Waals surface area contributed by atoms with Crippen LogP contribution in [0, 0.1) is 5.92 Å². The van der Waals surface area contributed by atoms with Crippen molar-refractivity contribution >= 4 is 40.8 Å². The van der Waals surface area contributed by atoms with Crippen LogP contribution in [-0.2, 0) is 6.54 Å². The summed E-state index contributed by atoms with van der Waals surface area (Å²) >= 11 is 0. The molecule has 1 heterocycles. The van der Waals surface area contributed by atoms with Crippen molar-refractivity contribution in [2.45, 2.75) is 27.3 Å². The van der Waals surface area contributed by atoms with Crippen LogP contribution in [0.2, 0.25) is 0 Å². The molecule has 120 valence electrons. The molecule has 22 heavy (non-hydrogen) atoms. The summed E-state index contributed by atoms with van der Waals surface area (Å²) in [5, 5.41) is 7.79. The molecule has 0 bridgehead atoms. The smallest absolute Gasteiger partial charge is 0.191 e. The van der Waals surface area contributed by atoms with Gasteiger partial charge in [0, 0.05) is 24.7 Å². The van der Waals surface area contributed by atoms with E-state index in [-0.39, 0.29) is 24.0 Å². The second-order valence-electron chi connectivity index (χ2n) is 5.46. The van der Waals surface area contributed by atoms with Gasteiger partial charge in [-0.15, -0.1) is 24.0 Å². The van der Waals surface area contributed by atoms with E-state index in [0.29, 0.717) is 12.5 Å². The summed E-state index contributed by atoms with van der Waals surface area (Å²) in [6, 6.07) is 10.3. The maximum absolute atomic E-state index is 4.66. The summed E-state index contributed by atoms with van der Waals surface area (Å²) in [6.45, 7) is 8.85. The van der Waals surface area contributed by atoms with E-state index < -0.39 is 0 Å². The highest BCUT2D eigenvalue weighted by atomic mass is 127. The molecule has 2 N–H and O–H groups in total. The fourth-order valence-electron chi connectivity index (χ4n) is 2.10. The first kappa shape index (κ1) is 18.7. The van der Waals surface area contributed by atoms with E-state index >= 15 is 0 Å². The molecular formula is C17H25IN4. The van der Waals surface area contributed by atoms with Gasteiger partial charge < -0.3 is 10.6 Å². The van der Waals surface area contributed by atoms with Crippen molar-refractivity contribution in [1.82, 2.24) is 15.6 Å². The normalized spacial score (nSPS) is 11.4. The number of hydrogen-bond donors (Lipinski definition) is 2. The van der Waals surface area contributed by atoms with E-state index in [0.717, 1.165) is 35.5 Å². The summed E-state index contributed by atoms with van der Waals surface area (Å²) in [7, 11) is 0. The van der Waals surface area contributed by atoms with Crippen LogP contribution < -0.4 is 10.6 Å². The molecule has 1 aromatic carbocycles. The van der Waals surface area contributed by atoms with Crippen molar-refractivity contribution in [2.75, 3.05) is 13.1 Å². The number of para-hydroxylation sites is 1. The predicted molar refractivity (Wildman–Crippen MR) is 105 cm³/mol. The minimum Gasteiger partial charge on any atom is -0.357 e. The first-order valence-corrected chi connectivity index (χ1v) is 7.55. The Balaban J connectivity index is 0.00000242. The van der Waals surface area contributed by atoms with Gasteiger partial charge in [-0.25, -0.2) is 4.99 Å². The molecule has 0 atom stereocenters. The molecule has 0 aliphatic rings. The summed E-state index contributed by atoms with van der Waals surface area (Å²) in [4.78, 5) is 9.13. The molecule has 0 spiro atoms. The van der Waals surface area contributed by atoms with Gasteiger partial charge in [0.05, 0.1) is 12.1 Å². The third-order valence-electron chi connectivity index (χ3n) is 3.15. The molecule has 2 rings (SSSR count). The van der Waals surface area contributed by atoms with Gasteiger partial charge in [0.15, 0.2) is 5.96 Å². The first-order chi connectivity index (χ1) is 10.2. The van der Waals surface area contributed by atoms with Crippen molar-refractivity contribution in [2.24, 2.45) is 10.9 Å². The van der Waals surface area contributed by atoms with Crippen LogP contribution in [0.3, 0.4) is 0 Å². The number of aliphatic imine (C=N–C) groups is 1. The SMILES string of the molecule is CCNC(=NCc1cccc2cccnc12)NCC(C)C.I. The molecule has 0 unspecified atom stereocenters. The third kappa shape index (κ3) is 5.44. The molecule has 0 saturated heterocycles. The predicted octanol–water partition coefficient (Wildman–Crippen LogP) is 3.56. The van der Waals surface area contributed by atoms with Crippen molar-refractivity contribution in [1.29, 1.82) is 0 Å². The molecule has 0 saturated carbocycles. The number of fused-ring (bicyclic) bond motifs is 1. The van der Waals surface area contributed by atoms with Crippen molar-refractivity contribution in [3.8, 4) is 0 Å². The van der Waals surface area contributed by atoms with Gasteiger partial charge >= 0.3 is 0 Å². The summed E-state index contributed by atoms with van der Waals surface area (Å²) in [5.74, 6) is 1.45. The molecule has 1 aromatic heterocycles. The quantitative estimate of drug-likeness (QED) is 0.449. The number of nitrogens with zero attached hydrogens (tertiary/aromatic N) is 2. The lowest BCUT2D eigenvalue weighted by atomic mass is 10.1. The highest BCUT2D eigenvalue weighted by Crippen LogP contribution is 2.16. The minimum atomic E-state index is 0. The zero-order valence-corrected chi connectivity index (χ0v) is 15.8. The van der Waals surface area contributed by atoms with Gasteiger partial charge in [-0.2, -0.15) is 0 Å². The van der Waals surface area contributed by atoms with E-state index in [2.05, 4.69) is 65.6 Å². The molecular weight excluding hydrogens is 387 g/mol. The largest absolute Gasteiger partial charge is 0.357 e. The van der Waals surface area contributed by atoms with Crippen molar-refractivity contribution in [3.05, 3.63) is 42.1 Å². The Kier molecular flexibility index (Phi) is 8.16. The molecule has 0 amide bonds. The van der Waals surface area contributed by atoms with Gasteiger partial charge in [-0.05, 0) is 24.5 Å². The zero-order valence-electron chi connectivity index (χ0n) is 13.5. The number of aromatic nitrogens is 1. The van der Waals surface area contributed by atoms with E-state index in [1.165, 1.54) is 0 Å². The second kappa shape index (κ2) is 9.61. The molecule has 5 heteroatoms.